The van der Waals surface area contributed by atoms with Gasteiger partial charge in [-0.2, -0.15) is 10.2 Å². The zero-order chi connectivity index (χ0) is 19.0. The second-order valence-electron chi connectivity index (χ2n) is 6.47. The lowest BCUT2D eigenvalue weighted by Gasteiger charge is -2.12. The summed E-state index contributed by atoms with van der Waals surface area (Å²) in [5.74, 6) is -0.0873. The van der Waals surface area contributed by atoms with Crippen LogP contribution in [0.2, 0.25) is 0 Å². The van der Waals surface area contributed by atoms with Crippen molar-refractivity contribution in [1.82, 2.24) is 15.2 Å². The van der Waals surface area contributed by atoms with E-state index in [0.717, 1.165) is 22.0 Å². The molecular weight excluding hydrogens is 341 g/mol. The number of benzene rings is 2. The summed E-state index contributed by atoms with van der Waals surface area (Å²) in [5.41, 5.74) is 15.6. The van der Waals surface area contributed by atoms with Gasteiger partial charge in [-0.15, -0.1) is 0 Å². The topological polar surface area (TPSA) is 90.7 Å². The quantitative estimate of drug-likeness (QED) is 0.579. The normalized spacial score (nSPS) is 11.0. The van der Waals surface area contributed by atoms with Crippen molar-refractivity contribution in [2.24, 2.45) is 0 Å². The molecule has 4 aromatic rings. The Balaban J connectivity index is 1.78. The molecule has 4 rings (SSSR count). The summed E-state index contributed by atoms with van der Waals surface area (Å²) < 4.78 is 14.5. The Labute approximate surface area is 155 Å². The Kier molecular flexibility index (Phi) is 4.16. The number of halogens is 1. The van der Waals surface area contributed by atoms with Crippen LogP contribution in [0.3, 0.4) is 0 Å². The molecule has 27 heavy (non-hydrogen) atoms. The minimum Gasteiger partial charge on any atom is -0.396 e. The molecule has 0 amide bonds. The Morgan fingerprint density at radius 3 is 2.67 bits per heavy atom. The highest BCUT2D eigenvalue weighted by Crippen LogP contribution is 2.32. The number of nitrogen functional groups attached to an aromatic ring is 2. The third kappa shape index (κ3) is 3.06. The van der Waals surface area contributed by atoms with Crippen molar-refractivity contribution in [1.29, 1.82) is 0 Å². The second kappa shape index (κ2) is 6.64. The number of rotatable bonds is 3. The molecule has 6 heteroatoms. The van der Waals surface area contributed by atoms with Crippen LogP contribution in [0.1, 0.15) is 16.8 Å². The standard InChI is InChI=1S/C21H18FN5/c1-12-17(11-25-21(24)20(12)23)16-8-13(6-7-18(16)22)9-19-15-5-3-2-4-14(15)10-26-27-19/h2-8,10-11H,9,23H2,1H3,(H2,24,25). The van der Waals surface area contributed by atoms with Crippen LogP contribution in [-0.4, -0.2) is 15.2 Å². The van der Waals surface area contributed by atoms with Crippen LogP contribution in [0, 0.1) is 12.7 Å². The van der Waals surface area contributed by atoms with Gasteiger partial charge >= 0.3 is 0 Å². The molecular formula is C21H18FN5. The van der Waals surface area contributed by atoms with Crippen LogP contribution < -0.4 is 11.5 Å². The maximum atomic E-state index is 14.5. The van der Waals surface area contributed by atoms with Gasteiger partial charge in [0.1, 0.15) is 11.6 Å². The number of fused-ring (bicyclic) bond motifs is 1. The van der Waals surface area contributed by atoms with E-state index in [2.05, 4.69) is 15.2 Å². The summed E-state index contributed by atoms with van der Waals surface area (Å²) in [5, 5.41) is 10.4. The molecule has 0 atom stereocenters. The highest BCUT2D eigenvalue weighted by Gasteiger charge is 2.14. The first-order valence-electron chi connectivity index (χ1n) is 8.53. The lowest BCUT2D eigenvalue weighted by molar-refractivity contribution is 0.630. The van der Waals surface area contributed by atoms with E-state index in [9.17, 15) is 4.39 Å². The van der Waals surface area contributed by atoms with Crippen molar-refractivity contribution in [3.05, 3.63) is 77.5 Å². The van der Waals surface area contributed by atoms with Crippen LogP contribution >= 0.6 is 0 Å². The maximum Gasteiger partial charge on any atom is 0.146 e. The van der Waals surface area contributed by atoms with Gasteiger partial charge in [0.15, 0.2) is 0 Å². The average Bonchev–Trinajstić information content (AvgIpc) is 2.68. The molecule has 0 aliphatic heterocycles. The zero-order valence-corrected chi connectivity index (χ0v) is 14.8. The van der Waals surface area contributed by atoms with Crippen LogP contribution in [0.5, 0.6) is 0 Å². The van der Waals surface area contributed by atoms with Gasteiger partial charge in [-0.05, 0) is 30.2 Å². The first-order chi connectivity index (χ1) is 13.0. The Morgan fingerprint density at radius 2 is 1.81 bits per heavy atom. The molecule has 0 radical (unpaired) electrons. The fourth-order valence-corrected chi connectivity index (χ4v) is 3.21. The monoisotopic (exact) mass is 359 g/mol. The van der Waals surface area contributed by atoms with Gasteiger partial charge in [-0.1, -0.05) is 30.3 Å². The third-order valence-electron chi connectivity index (χ3n) is 4.76. The van der Waals surface area contributed by atoms with Gasteiger partial charge in [0.05, 0.1) is 17.6 Å². The van der Waals surface area contributed by atoms with Crippen LogP contribution in [-0.2, 0) is 6.42 Å². The van der Waals surface area contributed by atoms with Crippen LogP contribution in [0.25, 0.3) is 21.9 Å². The molecule has 2 aromatic carbocycles. The molecule has 0 unspecified atom stereocenters. The van der Waals surface area contributed by atoms with E-state index in [1.807, 2.05) is 31.2 Å². The Bertz CT molecular complexity index is 1150. The van der Waals surface area contributed by atoms with Crippen molar-refractivity contribution in [3.8, 4) is 11.1 Å². The largest absolute Gasteiger partial charge is 0.396 e. The first kappa shape index (κ1) is 16.9. The molecule has 0 aliphatic rings. The summed E-state index contributed by atoms with van der Waals surface area (Å²) >= 11 is 0. The van der Waals surface area contributed by atoms with Crippen molar-refractivity contribution in [2.75, 3.05) is 11.5 Å². The summed E-state index contributed by atoms with van der Waals surface area (Å²) in [6, 6.07) is 13.0. The van der Waals surface area contributed by atoms with E-state index in [1.54, 1.807) is 24.5 Å². The van der Waals surface area contributed by atoms with E-state index in [-0.39, 0.29) is 11.6 Å². The van der Waals surface area contributed by atoms with Crippen LogP contribution in [0.15, 0.2) is 54.9 Å². The number of anilines is 2. The van der Waals surface area contributed by atoms with Gasteiger partial charge in [0.2, 0.25) is 0 Å². The first-order valence-corrected chi connectivity index (χ1v) is 8.53. The zero-order valence-electron chi connectivity index (χ0n) is 14.8. The molecule has 0 aliphatic carbocycles. The number of hydrogen-bond donors (Lipinski definition) is 2. The van der Waals surface area contributed by atoms with Gasteiger partial charge in [-0.25, -0.2) is 9.37 Å². The van der Waals surface area contributed by atoms with Crippen molar-refractivity contribution in [3.63, 3.8) is 0 Å². The van der Waals surface area contributed by atoms with E-state index < -0.39 is 0 Å². The van der Waals surface area contributed by atoms with E-state index in [4.69, 9.17) is 11.5 Å². The number of aromatic nitrogens is 3. The molecule has 2 heterocycles. The highest BCUT2D eigenvalue weighted by molar-refractivity contribution is 5.84. The number of nitrogens with two attached hydrogens (primary N) is 2. The second-order valence-corrected chi connectivity index (χ2v) is 6.47. The minimum atomic E-state index is -0.336. The summed E-state index contributed by atoms with van der Waals surface area (Å²) in [6.45, 7) is 1.81. The third-order valence-corrected chi connectivity index (χ3v) is 4.76. The Morgan fingerprint density at radius 1 is 1.00 bits per heavy atom. The molecule has 0 saturated heterocycles. The minimum absolute atomic E-state index is 0.249. The summed E-state index contributed by atoms with van der Waals surface area (Å²) in [6.07, 6.45) is 3.83. The molecule has 0 spiro atoms. The average molecular weight is 359 g/mol. The van der Waals surface area contributed by atoms with E-state index in [1.165, 1.54) is 6.07 Å². The molecule has 0 saturated carbocycles. The Hall–Kier alpha value is -3.54. The SMILES string of the molecule is Cc1c(-c2cc(Cc3nncc4ccccc34)ccc2F)cnc(N)c1N. The van der Waals surface area contributed by atoms with Gasteiger partial charge in [0.25, 0.3) is 0 Å². The van der Waals surface area contributed by atoms with Crippen LogP contribution in [0.4, 0.5) is 15.9 Å². The lowest BCUT2D eigenvalue weighted by atomic mass is 9.97. The number of hydrogen-bond acceptors (Lipinski definition) is 5. The van der Waals surface area contributed by atoms with Gasteiger partial charge < -0.3 is 11.5 Å². The molecule has 4 N–H and O–H groups in total. The van der Waals surface area contributed by atoms with E-state index in [0.29, 0.717) is 28.8 Å². The molecule has 5 nitrogen and oxygen atoms in total. The predicted molar refractivity (Wildman–Crippen MR) is 106 cm³/mol. The fourth-order valence-electron chi connectivity index (χ4n) is 3.21. The summed E-state index contributed by atoms with van der Waals surface area (Å²) in [7, 11) is 0. The highest BCUT2D eigenvalue weighted by atomic mass is 19.1. The van der Waals surface area contributed by atoms with Crippen molar-refractivity contribution < 1.29 is 4.39 Å². The smallest absolute Gasteiger partial charge is 0.146 e. The number of pyridine rings is 1. The molecule has 0 bridgehead atoms. The van der Waals surface area contributed by atoms with Gasteiger partial charge in [-0.3, -0.25) is 0 Å². The molecule has 2 aromatic heterocycles. The number of nitrogens with zero attached hydrogens (tertiary/aromatic N) is 3. The lowest BCUT2D eigenvalue weighted by Crippen LogP contribution is -2.03. The van der Waals surface area contributed by atoms with Crippen molar-refractivity contribution >= 4 is 22.3 Å². The van der Waals surface area contributed by atoms with Crippen molar-refractivity contribution in [2.45, 2.75) is 13.3 Å². The summed E-state index contributed by atoms with van der Waals surface area (Å²) in [4.78, 5) is 4.08. The van der Waals surface area contributed by atoms with Gasteiger partial charge in [0, 0.05) is 34.5 Å². The maximum absolute atomic E-state index is 14.5. The fraction of sp³-hybridized carbons (Fsp3) is 0.0952. The van der Waals surface area contributed by atoms with E-state index >= 15 is 0 Å². The predicted octanol–water partition coefficient (Wildman–Crippen LogP) is 3.89. The molecule has 0 fully saturated rings. The molecule has 134 valence electrons.